The van der Waals surface area contributed by atoms with Crippen LogP contribution in [0.15, 0.2) is 53.4 Å². The van der Waals surface area contributed by atoms with Gasteiger partial charge in [-0.1, -0.05) is 24.3 Å². The monoisotopic (exact) mass is 387 g/mol. The van der Waals surface area contributed by atoms with E-state index in [9.17, 15) is 9.18 Å². The summed E-state index contributed by atoms with van der Waals surface area (Å²) in [4.78, 5) is 12.3. The molecule has 5 heteroatoms. The molecule has 0 unspecified atom stereocenters. The summed E-state index contributed by atoms with van der Waals surface area (Å²) in [7, 11) is 0. The molecule has 1 amide bonds. The van der Waals surface area contributed by atoms with Crippen molar-refractivity contribution >= 4 is 45.9 Å². The van der Waals surface area contributed by atoms with Crippen LogP contribution in [-0.2, 0) is 4.79 Å². The Hall–Kier alpha value is -1.08. The van der Waals surface area contributed by atoms with Crippen molar-refractivity contribution in [1.82, 2.24) is 0 Å². The smallest absolute Gasteiger partial charge is 0.234 e. The lowest BCUT2D eigenvalue weighted by Crippen LogP contribution is -2.14. The van der Waals surface area contributed by atoms with Crippen LogP contribution in [0.3, 0.4) is 0 Å². The molecule has 0 radical (unpaired) electrons. The number of carbonyl (C=O) groups is 1. The van der Waals surface area contributed by atoms with Crippen LogP contribution in [-0.4, -0.2) is 11.7 Å². The highest BCUT2D eigenvalue weighted by Gasteiger charge is 2.07. The fraction of sp³-hybridized carbons (Fsp3) is 0.0714. The molecule has 0 aliphatic rings. The zero-order valence-electron chi connectivity index (χ0n) is 9.90. The maximum Gasteiger partial charge on any atom is 0.234 e. The molecule has 0 bridgehead atoms. The number of rotatable bonds is 4. The number of hydrogen-bond acceptors (Lipinski definition) is 2. The van der Waals surface area contributed by atoms with Crippen molar-refractivity contribution in [1.29, 1.82) is 0 Å². The van der Waals surface area contributed by atoms with Gasteiger partial charge in [-0.25, -0.2) is 4.39 Å². The minimum atomic E-state index is -0.297. The predicted molar refractivity (Wildman–Crippen MR) is 84.9 cm³/mol. The fourth-order valence-corrected chi connectivity index (χ4v) is 2.72. The highest BCUT2D eigenvalue weighted by Crippen LogP contribution is 2.22. The zero-order valence-corrected chi connectivity index (χ0v) is 12.9. The summed E-state index contributed by atoms with van der Waals surface area (Å²) in [5, 5.41) is 2.81. The fourth-order valence-electron chi connectivity index (χ4n) is 1.45. The van der Waals surface area contributed by atoms with Crippen LogP contribution < -0.4 is 5.32 Å². The Morgan fingerprint density at radius 3 is 2.58 bits per heavy atom. The van der Waals surface area contributed by atoms with E-state index in [2.05, 4.69) is 27.9 Å². The Morgan fingerprint density at radius 1 is 1.16 bits per heavy atom. The van der Waals surface area contributed by atoms with Gasteiger partial charge in [0.15, 0.2) is 0 Å². The third-order valence-corrected chi connectivity index (χ3v) is 4.33. The molecule has 2 aromatic carbocycles. The lowest BCUT2D eigenvalue weighted by molar-refractivity contribution is -0.113. The highest BCUT2D eigenvalue weighted by atomic mass is 127. The number of benzene rings is 2. The summed E-state index contributed by atoms with van der Waals surface area (Å²) in [6, 6.07) is 14.0. The summed E-state index contributed by atoms with van der Waals surface area (Å²) in [6.07, 6.45) is 0. The van der Waals surface area contributed by atoms with Crippen molar-refractivity contribution in [2.75, 3.05) is 11.1 Å². The van der Waals surface area contributed by atoms with Crippen LogP contribution in [0.1, 0.15) is 0 Å². The van der Waals surface area contributed by atoms with Gasteiger partial charge < -0.3 is 5.32 Å². The predicted octanol–water partition coefficient (Wildman–Crippen LogP) is 4.16. The molecule has 1 N–H and O–H groups in total. The largest absolute Gasteiger partial charge is 0.324 e. The van der Waals surface area contributed by atoms with Crippen LogP contribution >= 0.6 is 34.4 Å². The van der Waals surface area contributed by atoms with Crippen molar-refractivity contribution in [2.24, 2.45) is 0 Å². The first-order chi connectivity index (χ1) is 9.16. The van der Waals surface area contributed by atoms with Crippen molar-refractivity contribution in [3.63, 3.8) is 0 Å². The van der Waals surface area contributed by atoms with E-state index in [1.165, 1.54) is 17.8 Å². The number of thioether (sulfide) groups is 1. The van der Waals surface area contributed by atoms with E-state index in [4.69, 9.17) is 0 Å². The SMILES string of the molecule is O=C(CSc1ccccc1F)Nc1ccccc1I. The van der Waals surface area contributed by atoms with E-state index >= 15 is 0 Å². The molecule has 0 aromatic heterocycles. The van der Waals surface area contributed by atoms with Crippen molar-refractivity contribution < 1.29 is 9.18 Å². The maximum absolute atomic E-state index is 13.4. The summed E-state index contributed by atoms with van der Waals surface area (Å²) < 4.78 is 14.4. The van der Waals surface area contributed by atoms with Gasteiger partial charge in [-0.15, -0.1) is 11.8 Å². The maximum atomic E-state index is 13.4. The van der Waals surface area contributed by atoms with Crippen molar-refractivity contribution in [3.8, 4) is 0 Å². The quantitative estimate of drug-likeness (QED) is 0.631. The van der Waals surface area contributed by atoms with Crippen LogP contribution in [0, 0.1) is 9.39 Å². The lowest BCUT2D eigenvalue weighted by Gasteiger charge is -2.07. The molecule has 0 spiro atoms. The van der Waals surface area contributed by atoms with Crippen LogP contribution in [0.2, 0.25) is 0 Å². The molecule has 2 aromatic rings. The standard InChI is InChI=1S/C14H11FINOS/c15-10-5-1-4-8-13(10)19-9-14(18)17-12-7-3-2-6-11(12)16/h1-8H,9H2,(H,17,18). The first-order valence-corrected chi connectivity index (χ1v) is 7.65. The van der Waals surface area contributed by atoms with Gasteiger partial charge in [0.25, 0.3) is 0 Å². The molecule has 0 fully saturated rings. The average Bonchev–Trinajstić information content (AvgIpc) is 2.40. The number of nitrogens with one attached hydrogen (secondary N) is 1. The van der Waals surface area contributed by atoms with E-state index in [-0.39, 0.29) is 17.5 Å². The second-order valence-electron chi connectivity index (χ2n) is 3.75. The van der Waals surface area contributed by atoms with Gasteiger partial charge in [0, 0.05) is 8.47 Å². The van der Waals surface area contributed by atoms with Crippen LogP contribution in [0.25, 0.3) is 0 Å². The van der Waals surface area contributed by atoms with Gasteiger partial charge >= 0.3 is 0 Å². The van der Waals surface area contributed by atoms with E-state index < -0.39 is 0 Å². The molecule has 0 heterocycles. The minimum Gasteiger partial charge on any atom is -0.324 e. The van der Waals surface area contributed by atoms with E-state index in [1.807, 2.05) is 24.3 Å². The van der Waals surface area contributed by atoms with Gasteiger partial charge in [0.2, 0.25) is 5.91 Å². The van der Waals surface area contributed by atoms with E-state index in [0.29, 0.717) is 4.90 Å². The normalized spacial score (nSPS) is 10.2. The Morgan fingerprint density at radius 2 is 1.84 bits per heavy atom. The molecular weight excluding hydrogens is 376 g/mol. The van der Waals surface area contributed by atoms with E-state index in [0.717, 1.165) is 9.26 Å². The highest BCUT2D eigenvalue weighted by molar-refractivity contribution is 14.1. The van der Waals surface area contributed by atoms with Gasteiger partial charge in [0.05, 0.1) is 11.4 Å². The Balaban J connectivity index is 1.92. The molecule has 0 saturated carbocycles. The number of halogens is 2. The molecule has 19 heavy (non-hydrogen) atoms. The number of hydrogen-bond donors (Lipinski definition) is 1. The second-order valence-corrected chi connectivity index (χ2v) is 5.93. The number of para-hydroxylation sites is 1. The first-order valence-electron chi connectivity index (χ1n) is 5.58. The molecule has 2 rings (SSSR count). The first kappa shape index (κ1) is 14.3. The van der Waals surface area contributed by atoms with Crippen molar-refractivity contribution in [3.05, 3.63) is 57.9 Å². The summed E-state index contributed by atoms with van der Waals surface area (Å²) in [6.45, 7) is 0. The topological polar surface area (TPSA) is 29.1 Å². The van der Waals surface area contributed by atoms with Crippen LogP contribution in [0.4, 0.5) is 10.1 Å². The molecule has 0 saturated heterocycles. The molecule has 0 atom stereocenters. The molecule has 98 valence electrons. The number of anilines is 1. The Bertz CT molecular complexity index is 591. The molecular formula is C14H11FINOS. The van der Waals surface area contributed by atoms with Gasteiger partial charge in [0.1, 0.15) is 5.82 Å². The Labute approximate surface area is 128 Å². The van der Waals surface area contributed by atoms with E-state index in [1.54, 1.807) is 18.2 Å². The number of carbonyl (C=O) groups excluding carboxylic acids is 1. The summed E-state index contributed by atoms with van der Waals surface area (Å²) in [5.74, 6) is -0.252. The minimum absolute atomic E-state index is 0.141. The van der Waals surface area contributed by atoms with Gasteiger partial charge in [-0.2, -0.15) is 0 Å². The molecule has 0 aliphatic heterocycles. The third kappa shape index (κ3) is 4.21. The van der Waals surface area contributed by atoms with Crippen LogP contribution in [0.5, 0.6) is 0 Å². The van der Waals surface area contributed by atoms with Crippen molar-refractivity contribution in [2.45, 2.75) is 4.90 Å². The second kappa shape index (κ2) is 6.91. The third-order valence-electron chi connectivity index (χ3n) is 2.34. The number of amides is 1. The average molecular weight is 387 g/mol. The molecule has 0 aliphatic carbocycles. The molecule has 2 nitrogen and oxygen atoms in total. The lowest BCUT2D eigenvalue weighted by atomic mass is 10.3. The van der Waals surface area contributed by atoms with Gasteiger partial charge in [-0.3, -0.25) is 4.79 Å². The zero-order chi connectivity index (χ0) is 13.7. The summed E-state index contributed by atoms with van der Waals surface area (Å²) >= 11 is 3.35. The Kier molecular flexibility index (Phi) is 5.21. The van der Waals surface area contributed by atoms with Gasteiger partial charge in [-0.05, 0) is 46.9 Å². The summed E-state index contributed by atoms with van der Waals surface area (Å²) in [5.41, 5.74) is 0.780.